The predicted octanol–water partition coefficient (Wildman–Crippen LogP) is 4.21. The van der Waals surface area contributed by atoms with Gasteiger partial charge in [0.2, 0.25) is 0 Å². The average molecular weight is 371 g/mol. The molecule has 0 unspecified atom stereocenters. The van der Waals surface area contributed by atoms with Gasteiger partial charge in [-0.05, 0) is 45.0 Å². The predicted molar refractivity (Wildman–Crippen MR) is 100.0 cm³/mol. The molecule has 2 heterocycles. The zero-order chi connectivity index (χ0) is 19.8. The van der Waals surface area contributed by atoms with Gasteiger partial charge in [-0.15, -0.1) is 0 Å². The molecule has 0 aliphatic heterocycles. The quantitative estimate of drug-likeness (QED) is 0.749. The van der Waals surface area contributed by atoms with E-state index in [9.17, 15) is 14.3 Å². The highest BCUT2D eigenvalue weighted by atomic mass is 19.1. The summed E-state index contributed by atoms with van der Waals surface area (Å²) in [4.78, 5) is 18.0. The van der Waals surface area contributed by atoms with Gasteiger partial charge in [0.1, 0.15) is 22.8 Å². The van der Waals surface area contributed by atoms with Crippen molar-refractivity contribution in [3.05, 3.63) is 54.2 Å². The normalized spacial score (nSPS) is 11.6. The maximum atomic E-state index is 13.2. The Hall–Kier alpha value is -3.09. The van der Waals surface area contributed by atoms with Crippen molar-refractivity contribution in [2.24, 2.45) is 0 Å². The molecule has 0 aliphatic carbocycles. The van der Waals surface area contributed by atoms with E-state index >= 15 is 0 Å². The number of fused-ring (bicyclic) bond motifs is 1. The number of phenols is 1. The average Bonchev–Trinajstić information content (AvgIpc) is 2.95. The lowest BCUT2D eigenvalue weighted by molar-refractivity contribution is 0.0283. The Kier molecular flexibility index (Phi) is 4.78. The molecule has 3 rings (SSSR count). The number of phenolic OH excluding ortho intramolecular Hbond substituents is 1. The summed E-state index contributed by atoms with van der Waals surface area (Å²) < 4.78 is 20.4. The van der Waals surface area contributed by atoms with Crippen molar-refractivity contribution in [3.8, 4) is 16.9 Å². The van der Waals surface area contributed by atoms with Gasteiger partial charge in [-0.2, -0.15) is 0 Å². The number of aromatic hydroxyl groups is 1. The fourth-order valence-corrected chi connectivity index (χ4v) is 2.70. The van der Waals surface area contributed by atoms with Crippen molar-refractivity contribution in [2.75, 3.05) is 7.05 Å². The van der Waals surface area contributed by atoms with E-state index < -0.39 is 17.5 Å². The van der Waals surface area contributed by atoms with Gasteiger partial charge in [-0.25, -0.2) is 14.2 Å². The van der Waals surface area contributed by atoms with Gasteiger partial charge < -0.3 is 19.1 Å². The molecule has 3 aromatic rings. The van der Waals surface area contributed by atoms with E-state index in [-0.39, 0.29) is 5.75 Å². The summed E-state index contributed by atoms with van der Waals surface area (Å²) in [5.41, 5.74) is 2.13. The highest BCUT2D eigenvalue weighted by Crippen LogP contribution is 2.30. The first-order valence-electron chi connectivity index (χ1n) is 8.53. The molecule has 0 spiro atoms. The monoisotopic (exact) mass is 371 g/mol. The van der Waals surface area contributed by atoms with E-state index in [1.54, 1.807) is 31.6 Å². The number of halogens is 1. The zero-order valence-electron chi connectivity index (χ0n) is 15.7. The van der Waals surface area contributed by atoms with Crippen LogP contribution in [0, 0.1) is 5.82 Å². The third-order valence-electron chi connectivity index (χ3n) is 3.96. The van der Waals surface area contributed by atoms with Crippen LogP contribution < -0.4 is 0 Å². The van der Waals surface area contributed by atoms with Crippen molar-refractivity contribution >= 4 is 11.7 Å². The second kappa shape index (κ2) is 6.90. The number of benzene rings is 1. The fourth-order valence-electron chi connectivity index (χ4n) is 2.70. The van der Waals surface area contributed by atoms with E-state index in [1.165, 1.54) is 17.0 Å². The standard InChI is InChI=1S/C20H22FN3O3/c1-20(2,3)27-19(26)23(4)12-15-10-22-18-8-5-13(11-24(15)18)16-7-6-14(21)9-17(16)25/h5-11,25H,12H2,1-4H3. The topological polar surface area (TPSA) is 67.1 Å². The lowest BCUT2D eigenvalue weighted by Gasteiger charge is -2.24. The second-order valence-corrected chi connectivity index (χ2v) is 7.39. The summed E-state index contributed by atoms with van der Waals surface area (Å²) >= 11 is 0. The van der Waals surface area contributed by atoms with E-state index in [4.69, 9.17) is 4.74 Å². The van der Waals surface area contributed by atoms with Crippen LogP contribution in [-0.4, -0.2) is 38.1 Å². The number of aromatic nitrogens is 2. The lowest BCUT2D eigenvalue weighted by atomic mass is 10.1. The molecule has 0 saturated heterocycles. The number of hydrogen-bond donors (Lipinski definition) is 1. The molecule has 0 aliphatic rings. The number of ether oxygens (including phenoxy) is 1. The van der Waals surface area contributed by atoms with Gasteiger partial charge in [-0.1, -0.05) is 0 Å². The van der Waals surface area contributed by atoms with Crippen LogP contribution in [0.2, 0.25) is 0 Å². The molecule has 1 N–H and O–H groups in total. The minimum Gasteiger partial charge on any atom is -0.507 e. The Morgan fingerprint density at radius 1 is 1.30 bits per heavy atom. The van der Waals surface area contributed by atoms with Crippen LogP contribution in [0.4, 0.5) is 9.18 Å². The number of imidazole rings is 1. The van der Waals surface area contributed by atoms with E-state index in [2.05, 4.69) is 4.98 Å². The Labute approximate surface area is 156 Å². The number of rotatable bonds is 3. The van der Waals surface area contributed by atoms with Gasteiger partial charge in [0.25, 0.3) is 0 Å². The molecular weight excluding hydrogens is 349 g/mol. The maximum Gasteiger partial charge on any atom is 0.410 e. The Bertz CT molecular complexity index is 992. The van der Waals surface area contributed by atoms with Crippen LogP contribution in [0.25, 0.3) is 16.8 Å². The Morgan fingerprint density at radius 2 is 2.04 bits per heavy atom. The molecule has 1 amide bonds. The number of pyridine rings is 1. The summed E-state index contributed by atoms with van der Waals surface area (Å²) in [6, 6.07) is 7.50. The van der Waals surface area contributed by atoms with Crippen LogP contribution in [-0.2, 0) is 11.3 Å². The molecule has 2 aromatic heterocycles. The number of carbonyl (C=O) groups excluding carboxylic acids is 1. The molecule has 27 heavy (non-hydrogen) atoms. The van der Waals surface area contributed by atoms with Crippen molar-refractivity contribution in [3.63, 3.8) is 0 Å². The molecule has 1 aromatic carbocycles. The van der Waals surface area contributed by atoms with Gasteiger partial charge in [-0.3, -0.25) is 0 Å². The molecule has 0 saturated carbocycles. The van der Waals surface area contributed by atoms with Gasteiger partial charge in [0.05, 0.1) is 18.4 Å². The van der Waals surface area contributed by atoms with Gasteiger partial charge in [0, 0.05) is 30.4 Å². The number of nitrogens with zero attached hydrogens (tertiary/aromatic N) is 3. The van der Waals surface area contributed by atoms with Gasteiger partial charge in [0.15, 0.2) is 0 Å². The molecule has 6 nitrogen and oxygen atoms in total. The zero-order valence-corrected chi connectivity index (χ0v) is 15.7. The Morgan fingerprint density at radius 3 is 2.70 bits per heavy atom. The van der Waals surface area contributed by atoms with Crippen LogP contribution in [0.1, 0.15) is 26.5 Å². The molecule has 7 heteroatoms. The third kappa shape index (κ3) is 4.19. The van der Waals surface area contributed by atoms with Crippen LogP contribution in [0.5, 0.6) is 5.75 Å². The second-order valence-electron chi connectivity index (χ2n) is 7.39. The summed E-state index contributed by atoms with van der Waals surface area (Å²) in [7, 11) is 1.66. The molecule has 0 bridgehead atoms. The molecule has 0 radical (unpaired) electrons. The number of amides is 1. The molecule has 142 valence electrons. The number of carbonyl (C=O) groups is 1. The Balaban J connectivity index is 1.90. The smallest absolute Gasteiger partial charge is 0.410 e. The van der Waals surface area contributed by atoms with E-state index in [1.807, 2.05) is 25.2 Å². The van der Waals surface area contributed by atoms with E-state index in [0.717, 1.165) is 11.8 Å². The maximum absolute atomic E-state index is 13.2. The van der Waals surface area contributed by atoms with E-state index in [0.29, 0.717) is 23.3 Å². The fraction of sp³-hybridized carbons (Fsp3) is 0.300. The first-order chi connectivity index (χ1) is 12.6. The van der Waals surface area contributed by atoms with Crippen molar-refractivity contribution in [1.29, 1.82) is 0 Å². The third-order valence-corrected chi connectivity index (χ3v) is 3.96. The summed E-state index contributed by atoms with van der Waals surface area (Å²) in [6.07, 6.45) is 3.06. The molecular formula is C20H22FN3O3. The largest absolute Gasteiger partial charge is 0.507 e. The van der Waals surface area contributed by atoms with Crippen LogP contribution in [0.15, 0.2) is 42.7 Å². The van der Waals surface area contributed by atoms with Crippen LogP contribution in [0.3, 0.4) is 0 Å². The van der Waals surface area contributed by atoms with Crippen molar-refractivity contribution in [2.45, 2.75) is 32.9 Å². The highest BCUT2D eigenvalue weighted by molar-refractivity contribution is 5.71. The van der Waals surface area contributed by atoms with Crippen LogP contribution >= 0.6 is 0 Å². The van der Waals surface area contributed by atoms with Gasteiger partial charge >= 0.3 is 6.09 Å². The first-order valence-corrected chi connectivity index (χ1v) is 8.53. The van der Waals surface area contributed by atoms with Crippen molar-refractivity contribution in [1.82, 2.24) is 14.3 Å². The molecule has 0 atom stereocenters. The number of hydrogen-bond acceptors (Lipinski definition) is 4. The molecule has 0 fully saturated rings. The summed E-state index contributed by atoms with van der Waals surface area (Å²) in [6.45, 7) is 5.74. The minimum atomic E-state index is -0.571. The van der Waals surface area contributed by atoms with Crippen molar-refractivity contribution < 1.29 is 19.0 Å². The summed E-state index contributed by atoms with van der Waals surface area (Å²) in [5, 5.41) is 10.0. The SMILES string of the molecule is CN(Cc1cnc2ccc(-c3ccc(F)cc3O)cn12)C(=O)OC(C)(C)C. The lowest BCUT2D eigenvalue weighted by Crippen LogP contribution is -2.34. The minimum absolute atomic E-state index is 0.137. The summed E-state index contributed by atoms with van der Waals surface area (Å²) in [5.74, 6) is -0.637. The highest BCUT2D eigenvalue weighted by Gasteiger charge is 2.20. The first kappa shape index (κ1) is 18.7.